The van der Waals surface area contributed by atoms with E-state index >= 15 is 0 Å². The number of hydrogen-bond donors (Lipinski definition) is 2. The van der Waals surface area contributed by atoms with Gasteiger partial charge < -0.3 is 10.2 Å². The van der Waals surface area contributed by atoms with Crippen molar-refractivity contribution in [1.29, 1.82) is 0 Å². The van der Waals surface area contributed by atoms with Gasteiger partial charge in [-0.15, -0.1) is 23.1 Å². The Kier molecular flexibility index (Phi) is 5.76. The standard InChI is InChI=1S/C21H23N3OS2/c1-26-18-10-4-2-8-16(18)22-20(25)14-24-12-6-7-15(13-24)21-23-17-9-3-5-11-19(17)27-21/h2-5,8-11,15H,6-7,12-14H2,1H3,(H,22,25)/p+1/t15-/m0/s1. The number of para-hydroxylation sites is 2. The van der Waals surface area contributed by atoms with Gasteiger partial charge in [0.15, 0.2) is 6.54 Å². The van der Waals surface area contributed by atoms with E-state index in [1.54, 1.807) is 23.1 Å². The molecular formula is C21H24N3OS2+. The number of rotatable bonds is 5. The van der Waals surface area contributed by atoms with Gasteiger partial charge in [0.2, 0.25) is 0 Å². The van der Waals surface area contributed by atoms with Gasteiger partial charge in [0.1, 0.15) is 5.01 Å². The molecule has 2 N–H and O–H groups in total. The van der Waals surface area contributed by atoms with Crippen molar-refractivity contribution in [2.45, 2.75) is 23.7 Å². The van der Waals surface area contributed by atoms with Crippen molar-refractivity contribution in [3.63, 3.8) is 0 Å². The van der Waals surface area contributed by atoms with Crippen LogP contribution >= 0.6 is 23.1 Å². The number of quaternary nitrogens is 1. The third-order valence-corrected chi connectivity index (χ3v) is 7.06. The molecule has 1 amide bonds. The molecule has 3 aromatic rings. The molecule has 1 aliphatic rings. The summed E-state index contributed by atoms with van der Waals surface area (Å²) in [6.07, 6.45) is 4.34. The molecule has 6 heteroatoms. The fourth-order valence-corrected chi connectivity index (χ4v) is 5.41. The van der Waals surface area contributed by atoms with Gasteiger partial charge in [-0.3, -0.25) is 4.79 Å². The van der Waals surface area contributed by atoms with Crippen molar-refractivity contribution < 1.29 is 9.69 Å². The number of thiazole rings is 1. The van der Waals surface area contributed by atoms with Crippen molar-refractivity contribution >= 4 is 44.9 Å². The molecular weight excluding hydrogens is 374 g/mol. The summed E-state index contributed by atoms with van der Waals surface area (Å²) < 4.78 is 1.26. The Hall–Kier alpha value is -1.89. The third-order valence-electron chi connectivity index (χ3n) is 5.07. The van der Waals surface area contributed by atoms with Crippen LogP contribution in [0.25, 0.3) is 10.2 Å². The molecule has 0 spiro atoms. The highest BCUT2D eigenvalue weighted by atomic mass is 32.2. The summed E-state index contributed by atoms with van der Waals surface area (Å²) in [5.74, 6) is 0.550. The Morgan fingerprint density at radius 3 is 2.93 bits per heavy atom. The minimum Gasteiger partial charge on any atom is -0.327 e. The van der Waals surface area contributed by atoms with Crippen LogP contribution in [0.5, 0.6) is 0 Å². The Bertz CT molecular complexity index is 907. The summed E-state index contributed by atoms with van der Waals surface area (Å²) in [5.41, 5.74) is 2.00. The van der Waals surface area contributed by atoms with Gasteiger partial charge >= 0.3 is 0 Å². The van der Waals surface area contributed by atoms with Crippen LogP contribution in [0, 0.1) is 0 Å². The van der Waals surface area contributed by atoms with Crippen molar-refractivity contribution in [2.75, 3.05) is 31.2 Å². The van der Waals surface area contributed by atoms with E-state index in [-0.39, 0.29) is 5.91 Å². The van der Waals surface area contributed by atoms with Crippen LogP contribution in [-0.4, -0.2) is 36.8 Å². The van der Waals surface area contributed by atoms with E-state index in [0.717, 1.165) is 35.6 Å². The number of nitrogens with one attached hydrogen (secondary N) is 2. The number of thioether (sulfide) groups is 1. The number of piperidine rings is 1. The molecule has 1 aliphatic heterocycles. The number of hydrogen-bond acceptors (Lipinski definition) is 4. The number of carbonyl (C=O) groups is 1. The maximum Gasteiger partial charge on any atom is 0.279 e. The van der Waals surface area contributed by atoms with E-state index in [0.29, 0.717) is 12.5 Å². The molecule has 2 heterocycles. The molecule has 4 nitrogen and oxygen atoms in total. The lowest BCUT2D eigenvalue weighted by Crippen LogP contribution is -3.14. The highest BCUT2D eigenvalue weighted by Crippen LogP contribution is 2.30. The van der Waals surface area contributed by atoms with Crippen LogP contribution < -0.4 is 10.2 Å². The van der Waals surface area contributed by atoms with E-state index in [1.165, 1.54) is 21.0 Å². The Labute approximate surface area is 168 Å². The predicted molar refractivity (Wildman–Crippen MR) is 114 cm³/mol. The number of nitrogens with zero attached hydrogens (tertiary/aromatic N) is 1. The normalized spacial score (nSPS) is 19.9. The Morgan fingerprint density at radius 1 is 1.26 bits per heavy atom. The minimum absolute atomic E-state index is 0.0939. The van der Waals surface area contributed by atoms with Gasteiger partial charge in [-0.2, -0.15) is 0 Å². The van der Waals surface area contributed by atoms with Crippen molar-refractivity contribution in [1.82, 2.24) is 4.98 Å². The molecule has 0 radical (unpaired) electrons. The molecule has 0 aliphatic carbocycles. The fraction of sp³-hybridized carbons (Fsp3) is 0.333. The second-order valence-corrected chi connectivity index (χ2v) is 8.90. The van der Waals surface area contributed by atoms with Gasteiger partial charge in [0.05, 0.1) is 34.9 Å². The molecule has 27 heavy (non-hydrogen) atoms. The van der Waals surface area contributed by atoms with E-state index in [9.17, 15) is 4.79 Å². The SMILES string of the molecule is CSc1ccccc1NC(=O)C[NH+]1CCC[C@H](c2nc3ccccc3s2)C1. The highest BCUT2D eigenvalue weighted by Gasteiger charge is 2.28. The number of carbonyl (C=O) groups excluding carboxylic acids is 1. The number of anilines is 1. The molecule has 0 saturated carbocycles. The lowest BCUT2D eigenvalue weighted by molar-refractivity contribution is -0.898. The minimum atomic E-state index is 0.0939. The lowest BCUT2D eigenvalue weighted by atomic mass is 9.99. The monoisotopic (exact) mass is 398 g/mol. The van der Waals surface area contributed by atoms with Gasteiger partial charge in [0.25, 0.3) is 5.91 Å². The van der Waals surface area contributed by atoms with Gasteiger partial charge in [-0.25, -0.2) is 4.98 Å². The van der Waals surface area contributed by atoms with Crippen LogP contribution in [0.1, 0.15) is 23.8 Å². The topological polar surface area (TPSA) is 46.4 Å². The molecule has 140 valence electrons. The number of likely N-dealkylation sites (tertiary alicyclic amines) is 1. The van der Waals surface area contributed by atoms with E-state index < -0.39 is 0 Å². The van der Waals surface area contributed by atoms with E-state index in [2.05, 4.69) is 23.5 Å². The maximum atomic E-state index is 12.6. The van der Waals surface area contributed by atoms with Crippen molar-refractivity contribution in [3.8, 4) is 0 Å². The average molecular weight is 399 g/mol. The summed E-state index contributed by atoms with van der Waals surface area (Å²) in [4.78, 5) is 19.9. The zero-order valence-electron chi connectivity index (χ0n) is 15.4. The molecule has 1 fully saturated rings. The molecule has 0 bridgehead atoms. The largest absolute Gasteiger partial charge is 0.327 e. The first-order valence-electron chi connectivity index (χ1n) is 9.35. The summed E-state index contributed by atoms with van der Waals surface area (Å²) in [6.45, 7) is 2.56. The van der Waals surface area contributed by atoms with E-state index in [1.807, 2.05) is 36.6 Å². The predicted octanol–water partition coefficient (Wildman–Crippen LogP) is 3.42. The van der Waals surface area contributed by atoms with Crippen LogP contribution in [-0.2, 0) is 4.79 Å². The molecule has 2 aromatic carbocycles. The lowest BCUT2D eigenvalue weighted by Gasteiger charge is -2.28. The smallest absolute Gasteiger partial charge is 0.279 e. The maximum absolute atomic E-state index is 12.6. The van der Waals surface area contributed by atoms with Gasteiger partial charge in [-0.05, 0) is 43.4 Å². The van der Waals surface area contributed by atoms with Crippen molar-refractivity contribution in [2.24, 2.45) is 0 Å². The summed E-state index contributed by atoms with van der Waals surface area (Å²) in [7, 11) is 0. The number of benzene rings is 2. The second-order valence-electron chi connectivity index (χ2n) is 6.99. The highest BCUT2D eigenvalue weighted by molar-refractivity contribution is 7.98. The van der Waals surface area contributed by atoms with Crippen LogP contribution in [0.4, 0.5) is 5.69 Å². The molecule has 2 atom stereocenters. The fourth-order valence-electron chi connectivity index (χ4n) is 3.76. The molecule has 1 unspecified atom stereocenters. The Morgan fingerprint density at radius 2 is 2.07 bits per heavy atom. The van der Waals surface area contributed by atoms with Gasteiger partial charge in [0, 0.05) is 4.90 Å². The van der Waals surface area contributed by atoms with E-state index in [4.69, 9.17) is 4.98 Å². The summed E-state index contributed by atoms with van der Waals surface area (Å²) in [6, 6.07) is 16.3. The molecule has 1 aromatic heterocycles. The summed E-state index contributed by atoms with van der Waals surface area (Å²) in [5, 5.41) is 4.31. The first kappa shape index (κ1) is 18.5. The molecule has 4 rings (SSSR count). The third kappa shape index (κ3) is 4.34. The van der Waals surface area contributed by atoms with Crippen LogP contribution in [0.15, 0.2) is 53.4 Å². The molecule has 1 saturated heterocycles. The van der Waals surface area contributed by atoms with Gasteiger partial charge in [-0.1, -0.05) is 24.3 Å². The van der Waals surface area contributed by atoms with Crippen LogP contribution in [0.3, 0.4) is 0 Å². The van der Waals surface area contributed by atoms with Crippen LogP contribution in [0.2, 0.25) is 0 Å². The first-order valence-corrected chi connectivity index (χ1v) is 11.4. The number of amides is 1. The number of fused-ring (bicyclic) bond motifs is 1. The Balaban J connectivity index is 1.40. The van der Waals surface area contributed by atoms with Crippen molar-refractivity contribution in [3.05, 3.63) is 53.5 Å². The zero-order chi connectivity index (χ0) is 18.6. The second kappa shape index (κ2) is 8.42. The first-order chi connectivity index (χ1) is 13.2. The average Bonchev–Trinajstić information content (AvgIpc) is 3.13. The number of aromatic nitrogens is 1. The zero-order valence-corrected chi connectivity index (χ0v) is 17.0. The summed E-state index contributed by atoms with van der Waals surface area (Å²) >= 11 is 3.46. The quantitative estimate of drug-likeness (QED) is 0.648.